The highest BCUT2D eigenvalue weighted by Crippen LogP contribution is 1.95. The Morgan fingerprint density at radius 1 is 1.64 bits per heavy atom. The number of thioether (sulfide) groups is 1. The maximum atomic E-state index is 4.91. The van der Waals surface area contributed by atoms with E-state index in [9.17, 15) is 0 Å². The number of aromatic nitrogens is 1. The minimum Gasteiger partial charge on any atom is -0.262 e. The Kier molecular flexibility index (Phi) is 4.55. The fourth-order valence-electron chi connectivity index (χ4n) is 0.833. The first-order chi connectivity index (χ1) is 6.72. The van der Waals surface area contributed by atoms with Crippen molar-refractivity contribution in [2.75, 3.05) is 6.26 Å². The summed E-state index contributed by atoms with van der Waals surface area (Å²) in [4.78, 5) is 4.26. The molecule has 0 fully saturated rings. The quantitative estimate of drug-likeness (QED) is 0.474. The molecule has 0 aliphatic carbocycles. The third kappa shape index (κ3) is 3.85. The van der Waals surface area contributed by atoms with Crippen molar-refractivity contribution in [3.63, 3.8) is 0 Å². The van der Waals surface area contributed by atoms with Crippen molar-refractivity contribution in [2.45, 2.75) is 6.92 Å². The number of nitrogens with zero attached hydrogens (tertiary/aromatic N) is 2. The second-order valence-electron chi connectivity index (χ2n) is 2.57. The van der Waals surface area contributed by atoms with Crippen LogP contribution in [0.4, 0.5) is 0 Å². The van der Waals surface area contributed by atoms with Crippen LogP contribution in [0.15, 0.2) is 23.3 Å². The van der Waals surface area contributed by atoms with Crippen LogP contribution in [0.3, 0.4) is 0 Å². The summed E-state index contributed by atoms with van der Waals surface area (Å²) >= 11 is 6.36. The molecular formula is C9H11N3S2. The Labute approximate surface area is 93.0 Å². The molecule has 1 N–H and O–H groups in total. The smallest absolute Gasteiger partial charge is 0.153 e. The van der Waals surface area contributed by atoms with Crippen LogP contribution < -0.4 is 5.43 Å². The van der Waals surface area contributed by atoms with Crippen LogP contribution in [0.25, 0.3) is 0 Å². The van der Waals surface area contributed by atoms with Crippen molar-refractivity contribution >= 4 is 34.5 Å². The number of nitrogens with one attached hydrogen (secondary N) is 1. The summed E-state index contributed by atoms with van der Waals surface area (Å²) < 4.78 is 0.647. The molecule has 0 saturated carbocycles. The topological polar surface area (TPSA) is 37.3 Å². The van der Waals surface area contributed by atoms with Gasteiger partial charge in [0.25, 0.3) is 0 Å². The minimum absolute atomic E-state index is 0.647. The highest BCUT2D eigenvalue weighted by atomic mass is 32.2. The largest absolute Gasteiger partial charge is 0.262 e. The maximum absolute atomic E-state index is 4.91. The molecule has 1 aromatic heterocycles. The Bertz CT molecular complexity index is 350. The van der Waals surface area contributed by atoms with E-state index in [0.717, 1.165) is 11.4 Å². The number of hydrogen-bond acceptors (Lipinski definition) is 4. The molecule has 0 atom stereocenters. The van der Waals surface area contributed by atoms with E-state index in [2.05, 4.69) is 15.5 Å². The molecule has 1 aromatic rings. The van der Waals surface area contributed by atoms with Crippen molar-refractivity contribution in [3.8, 4) is 0 Å². The molecular weight excluding hydrogens is 214 g/mol. The van der Waals surface area contributed by atoms with Crippen molar-refractivity contribution in [3.05, 3.63) is 29.6 Å². The van der Waals surface area contributed by atoms with Gasteiger partial charge in [0.15, 0.2) is 4.32 Å². The summed E-state index contributed by atoms with van der Waals surface area (Å²) in [6.07, 6.45) is 3.55. The molecule has 0 radical (unpaired) electrons. The van der Waals surface area contributed by atoms with E-state index in [1.807, 2.05) is 31.4 Å². The summed E-state index contributed by atoms with van der Waals surface area (Å²) in [5.74, 6) is 0. The molecule has 0 spiro atoms. The lowest BCUT2D eigenvalue weighted by molar-refractivity contribution is 1.07. The van der Waals surface area contributed by atoms with Gasteiger partial charge in [0.2, 0.25) is 0 Å². The fraction of sp³-hybridized carbons (Fsp3) is 0.222. The van der Waals surface area contributed by atoms with Gasteiger partial charge in [-0.2, -0.15) is 5.10 Å². The van der Waals surface area contributed by atoms with E-state index >= 15 is 0 Å². The van der Waals surface area contributed by atoms with Gasteiger partial charge in [-0.05, 0) is 25.3 Å². The van der Waals surface area contributed by atoms with Crippen LogP contribution in [0.5, 0.6) is 0 Å². The van der Waals surface area contributed by atoms with Gasteiger partial charge in [-0.1, -0.05) is 30.0 Å². The Hall–Kier alpha value is -0.940. The SMILES string of the molecule is CSC(=S)NN=Cc1cccc(C)n1. The summed E-state index contributed by atoms with van der Waals surface area (Å²) in [5.41, 5.74) is 4.52. The van der Waals surface area contributed by atoms with Gasteiger partial charge in [-0.3, -0.25) is 10.4 Å². The van der Waals surface area contributed by atoms with E-state index in [4.69, 9.17) is 12.2 Å². The zero-order valence-electron chi connectivity index (χ0n) is 8.02. The van der Waals surface area contributed by atoms with Gasteiger partial charge in [0, 0.05) is 5.69 Å². The van der Waals surface area contributed by atoms with E-state index in [0.29, 0.717) is 4.32 Å². The Morgan fingerprint density at radius 2 is 2.43 bits per heavy atom. The van der Waals surface area contributed by atoms with Crippen molar-refractivity contribution in [1.82, 2.24) is 10.4 Å². The fourth-order valence-corrected chi connectivity index (χ4v) is 1.03. The molecule has 5 heteroatoms. The molecule has 14 heavy (non-hydrogen) atoms. The highest BCUT2D eigenvalue weighted by Gasteiger charge is 1.90. The maximum Gasteiger partial charge on any atom is 0.153 e. The summed E-state index contributed by atoms with van der Waals surface area (Å²) in [5, 5.41) is 3.95. The number of pyridine rings is 1. The number of thiocarbonyl (C=S) groups is 1. The van der Waals surface area contributed by atoms with E-state index in [1.54, 1.807) is 6.21 Å². The summed E-state index contributed by atoms with van der Waals surface area (Å²) in [6.45, 7) is 1.94. The van der Waals surface area contributed by atoms with E-state index in [-0.39, 0.29) is 0 Å². The predicted octanol–water partition coefficient (Wildman–Crippen LogP) is 1.96. The van der Waals surface area contributed by atoms with Crippen molar-refractivity contribution in [1.29, 1.82) is 0 Å². The number of rotatable bonds is 2. The Balaban J connectivity index is 2.56. The molecule has 0 aliphatic rings. The lowest BCUT2D eigenvalue weighted by Gasteiger charge is -1.97. The second kappa shape index (κ2) is 5.72. The van der Waals surface area contributed by atoms with Crippen LogP contribution >= 0.6 is 24.0 Å². The van der Waals surface area contributed by atoms with Crippen LogP contribution in [-0.4, -0.2) is 21.8 Å². The van der Waals surface area contributed by atoms with Gasteiger partial charge < -0.3 is 0 Å². The van der Waals surface area contributed by atoms with Crippen LogP contribution in [-0.2, 0) is 0 Å². The van der Waals surface area contributed by atoms with Crippen LogP contribution in [0, 0.1) is 6.92 Å². The molecule has 0 aliphatic heterocycles. The number of aryl methyl sites for hydroxylation is 1. The van der Waals surface area contributed by atoms with Crippen LogP contribution in [0.1, 0.15) is 11.4 Å². The second-order valence-corrected chi connectivity index (χ2v) is 4.05. The van der Waals surface area contributed by atoms with E-state index in [1.165, 1.54) is 11.8 Å². The molecule has 3 nitrogen and oxygen atoms in total. The molecule has 74 valence electrons. The molecule has 0 aromatic carbocycles. The highest BCUT2D eigenvalue weighted by molar-refractivity contribution is 8.22. The molecule has 0 unspecified atom stereocenters. The summed E-state index contributed by atoms with van der Waals surface area (Å²) in [6, 6.07) is 5.77. The first-order valence-corrected chi connectivity index (χ1v) is 5.66. The zero-order valence-corrected chi connectivity index (χ0v) is 9.65. The molecule has 0 saturated heterocycles. The lowest BCUT2D eigenvalue weighted by Crippen LogP contribution is -2.10. The molecule has 0 amide bonds. The normalized spacial score (nSPS) is 10.4. The third-order valence-electron chi connectivity index (χ3n) is 1.45. The van der Waals surface area contributed by atoms with Crippen molar-refractivity contribution in [2.24, 2.45) is 5.10 Å². The minimum atomic E-state index is 0.647. The monoisotopic (exact) mass is 225 g/mol. The third-order valence-corrected chi connectivity index (χ3v) is 2.50. The van der Waals surface area contributed by atoms with Crippen LogP contribution in [0.2, 0.25) is 0 Å². The number of hydrazone groups is 1. The summed E-state index contributed by atoms with van der Waals surface area (Å²) in [7, 11) is 0. The zero-order chi connectivity index (χ0) is 10.4. The lowest BCUT2D eigenvalue weighted by atomic mass is 10.3. The molecule has 1 rings (SSSR count). The average Bonchev–Trinajstić information content (AvgIpc) is 2.17. The van der Waals surface area contributed by atoms with Gasteiger partial charge >= 0.3 is 0 Å². The van der Waals surface area contributed by atoms with Crippen molar-refractivity contribution < 1.29 is 0 Å². The Morgan fingerprint density at radius 3 is 3.07 bits per heavy atom. The molecule has 0 bridgehead atoms. The standard InChI is InChI=1S/C9H11N3S2/c1-7-4-3-5-8(11-7)6-10-12-9(13)14-2/h3-6H,1-2H3,(H,12,13). The van der Waals surface area contributed by atoms with E-state index < -0.39 is 0 Å². The average molecular weight is 225 g/mol. The first-order valence-electron chi connectivity index (χ1n) is 4.03. The number of hydrogen-bond donors (Lipinski definition) is 1. The van der Waals surface area contributed by atoms with Gasteiger partial charge in [0.05, 0.1) is 11.9 Å². The first kappa shape index (κ1) is 11.1. The van der Waals surface area contributed by atoms with Gasteiger partial charge in [-0.15, -0.1) is 0 Å². The van der Waals surface area contributed by atoms with Gasteiger partial charge in [-0.25, -0.2) is 0 Å². The predicted molar refractivity (Wildman–Crippen MR) is 65.8 cm³/mol. The molecule has 1 heterocycles. The van der Waals surface area contributed by atoms with Gasteiger partial charge in [0.1, 0.15) is 0 Å².